The summed E-state index contributed by atoms with van der Waals surface area (Å²) in [5.41, 5.74) is 1.50. The lowest BCUT2D eigenvalue weighted by Gasteiger charge is -2.21. The first-order valence-corrected chi connectivity index (χ1v) is 13.4. The molecule has 4 rings (SSSR count). The Labute approximate surface area is 213 Å². The second-order valence-corrected chi connectivity index (χ2v) is 11.0. The molecule has 3 aromatic heterocycles. The fraction of sp³-hybridized carbons (Fsp3) is 0.346. The number of nitrogens with zero attached hydrogens (tertiary/aromatic N) is 2. The third-order valence-electron chi connectivity index (χ3n) is 5.27. The number of carbonyl (C=O) groups excluding carboxylic acids is 2. The Kier molecular flexibility index (Phi) is 8.00. The Morgan fingerprint density at radius 2 is 1.91 bits per heavy atom. The molecule has 0 atom stereocenters. The topological polar surface area (TPSA) is 87.5 Å². The second-order valence-electron chi connectivity index (χ2n) is 9.23. The highest BCUT2D eigenvalue weighted by Gasteiger charge is 2.23. The minimum atomic E-state index is -0.111. The van der Waals surface area contributed by atoms with Crippen LogP contribution in [0.25, 0.3) is 22.4 Å². The van der Waals surface area contributed by atoms with Crippen LogP contribution >= 0.6 is 22.7 Å². The Morgan fingerprint density at radius 1 is 1.09 bits per heavy atom. The fourth-order valence-electron chi connectivity index (χ4n) is 3.55. The molecular weight excluding hydrogens is 480 g/mol. The highest BCUT2D eigenvalue weighted by molar-refractivity contribution is 7.14. The number of amides is 2. The second kappa shape index (κ2) is 11.2. The largest absolute Gasteiger partial charge is 0.454 e. The molecular formula is C26H30N4O3S2. The Balaban J connectivity index is 1.41. The van der Waals surface area contributed by atoms with Crippen LogP contribution < -0.4 is 15.5 Å². The molecule has 0 aliphatic heterocycles. The van der Waals surface area contributed by atoms with Crippen molar-refractivity contribution in [2.45, 2.75) is 39.2 Å². The minimum absolute atomic E-state index is 0.0162. The van der Waals surface area contributed by atoms with Gasteiger partial charge in [-0.3, -0.25) is 14.5 Å². The van der Waals surface area contributed by atoms with Crippen LogP contribution in [0, 0.1) is 0 Å². The lowest BCUT2D eigenvalue weighted by Crippen LogP contribution is -2.41. The van der Waals surface area contributed by atoms with Crippen LogP contribution in [0.1, 0.15) is 43.3 Å². The van der Waals surface area contributed by atoms with E-state index in [0.29, 0.717) is 53.9 Å². The van der Waals surface area contributed by atoms with E-state index in [1.807, 2.05) is 53.2 Å². The van der Waals surface area contributed by atoms with E-state index in [0.717, 1.165) is 11.0 Å². The van der Waals surface area contributed by atoms with Gasteiger partial charge in [0.2, 0.25) is 5.91 Å². The fourth-order valence-corrected chi connectivity index (χ4v) is 5.06. The van der Waals surface area contributed by atoms with Gasteiger partial charge in [-0.05, 0) is 50.8 Å². The van der Waals surface area contributed by atoms with Gasteiger partial charge in [-0.1, -0.05) is 24.3 Å². The van der Waals surface area contributed by atoms with E-state index in [1.54, 1.807) is 4.90 Å². The molecule has 2 amide bonds. The first-order chi connectivity index (χ1) is 16.8. The molecule has 0 saturated carbocycles. The van der Waals surface area contributed by atoms with E-state index < -0.39 is 0 Å². The monoisotopic (exact) mass is 510 g/mol. The van der Waals surface area contributed by atoms with Gasteiger partial charge in [0.05, 0.1) is 4.88 Å². The first kappa shape index (κ1) is 25.1. The zero-order chi connectivity index (χ0) is 24.8. The molecule has 1 aromatic carbocycles. The van der Waals surface area contributed by atoms with Crippen LogP contribution in [0.15, 0.2) is 57.6 Å². The number of hydrogen-bond donors (Lipinski definition) is 2. The van der Waals surface area contributed by atoms with Gasteiger partial charge in [-0.25, -0.2) is 4.98 Å². The number of rotatable bonds is 10. The molecule has 0 spiro atoms. The number of para-hydroxylation sites is 1. The predicted octanol–water partition coefficient (Wildman–Crippen LogP) is 5.55. The predicted molar refractivity (Wildman–Crippen MR) is 143 cm³/mol. The van der Waals surface area contributed by atoms with Gasteiger partial charge in [0.15, 0.2) is 10.9 Å². The maximum Gasteiger partial charge on any atom is 0.270 e. The molecule has 2 N–H and O–H groups in total. The van der Waals surface area contributed by atoms with Gasteiger partial charge < -0.3 is 15.1 Å². The van der Waals surface area contributed by atoms with Crippen molar-refractivity contribution < 1.29 is 14.0 Å². The molecule has 0 unspecified atom stereocenters. The average Bonchev–Trinajstić information content (AvgIpc) is 3.58. The summed E-state index contributed by atoms with van der Waals surface area (Å²) < 4.78 is 5.94. The molecule has 9 heteroatoms. The molecule has 0 radical (unpaired) electrons. The number of furan rings is 1. The van der Waals surface area contributed by atoms with Crippen LogP contribution in [0.4, 0.5) is 5.13 Å². The van der Waals surface area contributed by atoms with Gasteiger partial charge in [0.1, 0.15) is 11.3 Å². The standard InChI is InChI=1S/C26H30N4O3S2/c1-26(2,3)28-13-12-27-23(31)11-6-14-30(24(32)22-10-7-15-34-22)25-29-19(17-35-25)21-16-18-8-4-5-9-20(18)33-21/h4-5,7-10,15-17,28H,6,11-14H2,1-3H3,(H,27,31). The number of aromatic nitrogens is 1. The molecule has 0 saturated heterocycles. The van der Waals surface area contributed by atoms with Crippen molar-refractivity contribution in [2.24, 2.45) is 0 Å². The lowest BCUT2D eigenvalue weighted by atomic mass is 10.1. The van der Waals surface area contributed by atoms with Gasteiger partial charge in [-0.15, -0.1) is 22.7 Å². The van der Waals surface area contributed by atoms with Crippen LogP contribution in [0.5, 0.6) is 0 Å². The SMILES string of the molecule is CC(C)(C)NCCNC(=O)CCCN(C(=O)c1cccs1)c1nc(-c2cc3ccccc3o2)cs1. The van der Waals surface area contributed by atoms with Gasteiger partial charge >= 0.3 is 0 Å². The van der Waals surface area contributed by atoms with Crippen LogP contribution in [0.2, 0.25) is 0 Å². The maximum atomic E-state index is 13.2. The van der Waals surface area contributed by atoms with Crippen molar-refractivity contribution in [1.29, 1.82) is 0 Å². The van der Waals surface area contributed by atoms with E-state index in [4.69, 9.17) is 9.40 Å². The van der Waals surface area contributed by atoms with Crippen molar-refractivity contribution >= 4 is 50.6 Å². The van der Waals surface area contributed by atoms with Gasteiger partial charge in [-0.2, -0.15) is 0 Å². The molecule has 0 aliphatic carbocycles. The molecule has 4 aromatic rings. The number of thiophene rings is 1. The van der Waals surface area contributed by atoms with Crippen LogP contribution in [-0.4, -0.2) is 42.0 Å². The van der Waals surface area contributed by atoms with Crippen molar-refractivity contribution in [3.05, 3.63) is 58.1 Å². The number of nitrogens with one attached hydrogen (secondary N) is 2. The molecule has 184 valence electrons. The third kappa shape index (κ3) is 6.78. The van der Waals surface area contributed by atoms with Crippen LogP contribution in [-0.2, 0) is 4.79 Å². The quantitative estimate of drug-likeness (QED) is 0.273. The van der Waals surface area contributed by atoms with Crippen molar-refractivity contribution in [2.75, 3.05) is 24.5 Å². The highest BCUT2D eigenvalue weighted by Crippen LogP contribution is 2.32. The van der Waals surface area contributed by atoms with Crippen molar-refractivity contribution in [1.82, 2.24) is 15.6 Å². The summed E-state index contributed by atoms with van der Waals surface area (Å²) in [6.45, 7) is 7.95. The molecule has 7 nitrogen and oxygen atoms in total. The summed E-state index contributed by atoms with van der Waals surface area (Å²) in [4.78, 5) is 32.6. The van der Waals surface area contributed by atoms with Crippen LogP contribution in [0.3, 0.4) is 0 Å². The van der Waals surface area contributed by atoms with Gasteiger partial charge in [0, 0.05) is 42.4 Å². The summed E-state index contributed by atoms with van der Waals surface area (Å²) >= 11 is 2.79. The van der Waals surface area contributed by atoms with E-state index in [1.165, 1.54) is 22.7 Å². The molecule has 0 bridgehead atoms. The van der Waals surface area contributed by atoms with Gasteiger partial charge in [0.25, 0.3) is 5.91 Å². The van der Waals surface area contributed by atoms with E-state index >= 15 is 0 Å². The zero-order valence-corrected chi connectivity index (χ0v) is 21.8. The summed E-state index contributed by atoms with van der Waals surface area (Å²) in [5, 5.41) is 11.7. The number of anilines is 1. The number of carbonyl (C=O) groups is 2. The number of benzene rings is 1. The lowest BCUT2D eigenvalue weighted by molar-refractivity contribution is -0.121. The summed E-state index contributed by atoms with van der Waals surface area (Å²) in [5.74, 6) is 0.534. The van der Waals surface area contributed by atoms with E-state index in [-0.39, 0.29) is 17.4 Å². The maximum absolute atomic E-state index is 13.2. The first-order valence-electron chi connectivity index (χ1n) is 11.6. The minimum Gasteiger partial charge on any atom is -0.454 e. The molecule has 35 heavy (non-hydrogen) atoms. The smallest absolute Gasteiger partial charge is 0.270 e. The Bertz CT molecular complexity index is 1240. The van der Waals surface area contributed by atoms with Crippen molar-refractivity contribution in [3.8, 4) is 11.5 Å². The Morgan fingerprint density at radius 3 is 2.66 bits per heavy atom. The molecule has 3 heterocycles. The van der Waals surface area contributed by atoms with Crippen molar-refractivity contribution in [3.63, 3.8) is 0 Å². The highest BCUT2D eigenvalue weighted by atomic mass is 32.1. The Hall–Kier alpha value is -3.01. The summed E-state index contributed by atoms with van der Waals surface area (Å²) in [6.07, 6.45) is 0.876. The number of thiazole rings is 1. The average molecular weight is 511 g/mol. The zero-order valence-electron chi connectivity index (χ0n) is 20.2. The number of fused-ring (bicyclic) bond motifs is 1. The van der Waals surface area contributed by atoms with E-state index in [9.17, 15) is 9.59 Å². The third-order valence-corrected chi connectivity index (χ3v) is 6.99. The molecule has 0 aliphatic rings. The van der Waals surface area contributed by atoms with E-state index in [2.05, 4.69) is 31.4 Å². The molecule has 0 fully saturated rings. The normalized spacial score (nSPS) is 11.6. The number of hydrogen-bond acceptors (Lipinski definition) is 7. The summed E-state index contributed by atoms with van der Waals surface area (Å²) in [7, 11) is 0. The summed E-state index contributed by atoms with van der Waals surface area (Å²) in [6, 6.07) is 13.4.